The molecule has 19 heavy (non-hydrogen) atoms. The number of rotatable bonds is 3. The molecule has 2 heterocycles. The second-order valence-corrected chi connectivity index (χ2v) is 5.61. The van der Waals surface area contributed by atoms with E-state index in [9.17, 15) is 4.79 Å². The van der Waals surface area contributed by atoms with Gasteiger partial charge in [-0.15, -0.1) is 0 Å². The maximum Gasteiger partial charge on any atom is 0.373 e. The molecule has 1 aromatic rings. The molecule has 1 saturated heterocycles. The Hall–Kier alpha value is -1.29. The Labute approximate surface area is 114 Å². The molecule has 0 spiro atoms. The fourth-order valence-electron chi connectivity index (χ4n) is 2.61. The molecule has 106 valence electrons. The minimum absolute atomic E-state index is 0.202. The van der Waals surface area contributed by atoms with Crippen LogP contribution in [0.2, 0.25) is 0 Å². The van der Waals surface area contributed by atoms with Crippen molar-refractivity contribution >= 4 is 5.97 Å². The van der Waals surface area contributed by atoms with Crippen LogP contribution in [0.3, 0.4) is 0 Å². The topological polar surface area (TPSA) is 42.7 Å². The lowest BCUT2D eigenvalue weighted by atomic mass is 9.88. The van der Waals surface area contributed by atoms with Gasteiger partial charge in [-0.05, 0) is 43.9 Å². The van der Waals surface area contributed by atoms with Crippen LogP contribution < -0.4 is 0 Å². The van der Waals surface area contributed by atoms with Crippen LogP contribution in [0.15, 0.2) is 16.5 Å². The first-order valence-corrected chi connectivity index (χ1v) is 6.95. The summed E-state index contributed by atoms with van der Waals surface area (Å²) in [6, 6.07) is 3.76. The molecule has 1 fully saturated rings. The van der Waals surface area contributed by atoms with Gasteiger partial charge >= 0.3 is 5.97 Å². The van der Waals surface area contributed by atoms with Crippen molar-refractivity contribution in [1.82, 2.24) is 4.90 Å². The van der Waals surface area contributed by atoms with Gasteiger partial charge in [-0.1, -0.05) is 13.8 Å². The van der Waals surface area contributed by atoms with Gasteiger partial charge in [0.15, 0.2) is 0 Å². The average molecular weight is 265 g/mol. The van der Waals surface area contributed by atoms with Crippen molar-refractivity contribution in [2.45, 2.75) is 33.2 Å². The molecule has 1 aliphatic heterocycles. The lowest BCUT2D eigenvalue weighted by Gasteiger charge is -2.38. The fourth-order valence-corrected chi connectivity index (χ4v) is 2.61. The SMILES string of the molecule is COC(=O)c1ccc(C(C)N2CCC(C)C(C)C2)o1. The molecular weight excluding hydrogens is 242 g/mol. The summed E-state index contributed by atoms with van der Waals surface area (Å²) in [5.41, 5.74) is 0. The van der Waals surface area contributed by atoms with E-state index >= 15 is 0 Å². The number of likely N-dealkylation sites (tertiary alicyclic amines) is 1. The van der Waals surface area contributed by atoms with Crippen LogP contribution in [0.1, 0.15) is 49.5 Å². The molecule has 3 atom stereocenters. The third kappa shape index (κ3) is 3.00. The largest absolute Gasteiger partial charge is 0.463 e. The molecule has 1 aliphatic rings. The second-order valence-electron chi connectivity index (χ2n) is 5.61. The maximum absolute atomic E-state index is 11.4. The van der Waals surface area contributed by atoms with E-state index in [1.165, 1.54) is 13.5 Å². The van der Waals surface area contributed by atoms with Crippen LogP contribution in [-0.2, 0) is 4.74 Å². The number of carbonyl (C=O) groups excluding carboxylic acids is 1. The number of piperidine rings is 1. The summed E-state index contributed by atoms with van der Waals surface area (Å²) in [4.78, 5) is 13.8. The highest BCUT2D eigenvalue weighted by Crippen LogP contribution is 2.30. The van der Waals surface area contributed by atoms with Crippen molar-refractivity contribution in [3.8, 4) is 0 Å². The summed E-state index contributed by atoms with van der Waals surface area (Å²) < 4.78 is 10.3. The van der Waals surface area contributed by atoms with Gasteiger partial charge in [0.2, 0.25) is 5.76 Å². The number of hydrogen-bond donors (Lipinski definition) is 0. The highest BCUT2D eigenvalue weighted by atomic mass is 16.5. The number of nitrogens with zero attached hydrogens (tertiary/aromatic N) is 1. The monoisotopic (exact) mass is 265 g/mol. The van der Waals surface area contributed by atoms with Crippen LogP contribution in [0.4, 0.5) is 0 Å². The summed E-state index contributed by atoms with van der Waals surface area (Å²) >= 11 is 0. The Morgan fingerprint density at radius 3 is 2.79 bits per heavy atom. The zero-order valence-electron chi connectivity index (χ0n) is 12.2. The minimum Gasteiger partial charge on any atom is -0.463 e. The molecular formula is C15H23NO3. The van der Waals surface area contributed by atoms with Crippen molar-refractivity contribution in [1.29, 1.82) is 0 Å². The lowest BCUT2D eigenvalue weighted by molar-refractivity contribution is 0.0551. The second kappa shape index (κ2) is 5.78. The van der Waals surface area contributed by atoms with E-state index in [-0.39, 0.29) is 11.8 Å². The van der Waals surface area contributed by atoms with Crippen molar-refractivity contribution in [2.24, 2.45) is 11.8 Å². The normalized spacial score (nSPS) is 26.1. The third-order valence-electron chi connectivity index (χ3n) is 4.34. The highest BCUT2D eigenvalue weighted by molar-refractivity contribution is 5.86. The first-order valence-electron chi connectivity index (χ1n) is 6.95. The number of methoxy groups -OCH3 is 1. The summed E-state index contributed by atoms with van der Waals surface area (Å²) in [5, 5.41) is 0. The van der Waals surface area contributed by atoms with E-state index in [0.29, 0.717) is 5.92 Å². The fraction of sp³-hybridized carbons (Fsp3) is 0.667. The lowest BCUT2D eigenvalue weighted by Crippen LogP contribution is -2.39. The van der Waals surface area contributed by atoms with Gasteiger partial charge in [0.05, 0.1) is 13.2 Å². The molecule has 0 amide bonds. The summed E-state index contributed by atoms with van der Waals surface area (Å²) in [6.07, 6.45) is 1.22. The zero-order chi connectivity index (χ0) is 14.0. The van der Waals surface area contributed by atoms with Crippen molar-refractivity contribution in [3.63, 3.8) is 0 Å². The number of furan rings is 1. The molecule has 2 rings (SSSR count). The van der Waals surface area contributed by atoms with Gasteiger partial charge < -0.3 is 9.15 Å². The van der Waals surface area contributed by atoms with E-state index in [4.69, 9.17) is 4.42 Å². The van der Waals surface area contributed by atoms with E-state index in [2.05, 4.69) is 30.4 Å². The molecule has 0 N–H and O–H groups in total. The van der Waals surface area contributed by atoms with Crippen molar-refractivity contribution in [3.05, 3.63) is 23.7 Å². The predicted molar refractivity (Wildman–Crippen MR) is 73.0 cm³/mol. The molecule has 4 heteroatoms. The van der Waals surface area contributed by atoms with E-state index in [1.807, 2.05) is 6.07 Å². The number of ether oxygens (including phenoxy) is 1. The molecule has 0 saturated carbocycles. The van der Waals surface area contributed by atoms with Crippen LogP contribution in [-0.4, -0.2) is 31.1 Å². The van der Waals surface area contributed by atoms with Crippen LogP contribution in [0, 0.1) is 11.8 Å². The Morgan fingerprint density at radius 1 is 1.42 bits per heavy atom. The maximum atomic E-state index is 11.4. The highest BCUT2D eigenvalue weighted by Gasteiger charge is 2.28. The van der Waals surface area contributed by atoms with Gasteiger partial charge in [-0.25, -0.2) is 4.79 Å². The molecule has 0 aromatic carbocycles. The van der Waals surface area contributed by atoms with Crippen molar-refractivity contribution < 1.29 is 13.9 Å². The standard InChI is InChI=1S/C15H23NO3/c1-10-7-8-16(9-11(10)2)12(3)13-5-6-14(19-13)15(17)18-4/h5-6,10-12H,7-9H2,1-4H3. The first kappa shape index (κ1) is 14.1. The Balaban J connectivity index is 2.05. The summed E-state index contributed by atoms with van der Waals surface area (Å²) in [7, 11) is 1.36. The third-order valence-corrected chi connectivity index (χ3v) is 4.34. The zero-order valence-corrected chi connectivity index (χ0v) is 12.2. The van der Waals surface area contributed by atoms with Gasteiger partial charge in [0.1, 0.15) is 5.76 Å². The Bertz CT molecular complexity index is 440. The van der Waals surface area contributed by atoms with E-state index < -0.39 is 5.97 Å². The number of esters is 1. The van der Waals surface area contributed by atoms with E-state index in [1.54, 1.807) is 6.07 Å². The van der Waals surface area contributed by atoms with Crippen molar-refractivity contribution in [2.75, 3.05) is 20.2 Å². The van der Waals surface area contributed by atoms with Gasteiger partial charge in [-0.3, -0.25) is 4.90 Å². The molecule has 0 aliphatic carbocycles. The van der Waals surface area contributed by atoms with E-state index in [0.717, 1.165) is 24.8 Å². The molecule has 4 nitrogen and oxygen atoms in total. The smallest absolute Gasteiger partial charge is 0.373 e. The quantitative estimate of drug-likeness (QED) is 0.788. The molecule has 3 unspecified atom stereocenters. The average Bonchev–Trinajstić information content (AvgIpc) is 2.89. The first-order chi connectivity index (χ1) is 9.02. The minimum atomic E-state index is -0.418. The number of hydrogen-bond acceptors (Lipinski definition) is 4. The van der Waals surface area contributed by atoms with Gasteiger partial charge in [-0.2, -0.15) is 0 Å². The Morgan fingerprint density at radius 2 is 2.16 bits per heavy atom. The summed E-state index contributed by atoms with van der Waals surface area (Å²) in [5.74, 6) is 2.18. The summed E-state index contributed by atoms with van der Waals surface area (Å²) in [6.45, 7) is 8.90. The number of carbonyl (C=O) groups is 1. The van der Waals surface area contributed by atoms with Crippen LogP contribution >= 0.6 is 0 Å². The molecule has 0 radical (unpaired) electrons. The molecule has 1 aromatic heterocycles. The predicted octanol–water partition coefficient (Wildman–Crippen LogP) is 3.11. The van der Waals surface area contributed by atoms with Crippen LogP contribution in [0.25, 0.3) is 0 Å². The van der Waals surface area contributed by atoms with Gasteiger partial charge in [0.25, 0.3) is 0 Å². The Kier molecular flexibility index (Phi) is 4.30. The molecule has 0 bridgehead atoms. The van der Waals surface area contributed by atoms with Crippen LogP contribution in [0.5, 0.6) is 0 Å². The van der Waals surface area contributed by atoms with Gasteiger partial charge in [0, 0.05) is 6.54 Å².